The number of carbonyl (C=O) groups is 1. The predicted octanol–water partition coefficient (Wildman–Crippen LogP) is 6.24. The molecule has 3 heterocycles. The first-order chi connectivity index (χ1) is 13.8. The summed E-state index contributed by atoms with van der Waals surface area (Å²) in [4.78, 5) is 20.5. The Hall–Kier alpha value is -1.74. The van der Waals surface area contributed by atoms with Crippen molar-refractivity contribution >= 4 is 71.5 Å². The first-order valence-corrected chi connectivity index (χ1v) is 11.8. The summed E-state index contributed by atoms with van der Waals surface area (Å²) in [6, 6.07) is 9.55. The largest absolute Gasteiger partial charge is 0.281 e. The molecular formula is C20H18BrClN4OS2. The molecule has 0 bridgehead atoms. The number of benzene rings is 1. The van der Waals surface area contributed by atoms with E-state index in [1.165, 1.54) is 22.7 Å². The first-order valence-electron chi connectivity index (χ1n) is 8.97. The van der Waals surface area contributed by atoms with Gasteiger partial charge in [0.15, 0.2) is 5.13 Å². The highest BCUT2D eigenvalue weighted by Gasteiger charge is 2.23. The van der Waals surface area contributed by atoms with Crippen LogP contribution in [0.1, 0.15) is 26.6 Å². The molecule has 9 heteroatoms. The number of hydrogen-bond acceptors (Lipinski definition) is 5. The number of aryl methyl sites for hydroxylation is 3. The van der Waals surface area contributed by atoms with Gasteiger partial charge in [0.2, 0.25) is 0 Å². The highest BCUT2D eigenvalue weighted by molar-refractivity contribution is 9.11. The summed E-state index contributed by atoms with van der Waals surface area (Å²) in [6.07, 6.45) is 0. The lowest BCUT2D eigenvalue weighted by Crippen LogP contribution is -2.33. The van der Waals surface area contributed by atoms with E-state index < -0.39 is 0 Å². The lowest BCUT2D eigenvalue weighted by molar-refractivity contribution is 0.0989. The third kappa shape index (κ3) is 4.26. The highest BCUT2D eigenvalue weighted by atomic mass is 79.9. The molecule has 0 saturated carbocycles. The van der Waals surface area contributed by atoms with Gasteiger partial charge in [-0.05, 0) is 72.6 Å². The summed E-state index contributed by atoms with van der Waals surface area (Å²) in [7, 11) is 0. The van der Waals surface area contributed by atoms with Crippen LogP contribution >= 0.6 is 50.2 Å². The van der Waals surface area contributed by atoms with Gasteiger partial charge < -0.3 is 0 Å². The Morgan fingerprint density at radius 1 is 1.21 bits per heavy atom. The Morgan fingerprint density at radius 2 is 2.00 bits per heavy atom. The van der Waals surface area contributed by atoms with Crippen LogP contribution in [-0.4, -0.2) is 27.2 Å². The molecule has 1 amide bonds. The fourth-order valence-electron chi connectivity index (χ4n) is 3.20. The van der Waals surface area contributed by atoms with Gasteiger partial charge in [0, 0.05) is 17.3 Å². The first kappa shape index (κ1) is 20.5. The van der Waals surface area contributed by atoms with E-state index in [4.69, 9.17) is 16.6 Å². The fourth-order valence-corrected chi connectivity index (χ4v) is 5.98. The number of thiophene rings is 1. The van der Waals surface area contributed by atoms with Gasteiger partial charge in [-0.25, -0.2) is 4.98 Å². The third-order valence-electron chi connectivity index (χ3n) is 4.54. The molecule has 4 rings (SSSR count). The lowest BCUT2D eigenvalue weighted by Gasteiger charge is -2.19. The van der Waals surface area contributed by atoms with E-state index in [0.29, 0.717) is 28.1 Å². The fraction of sp³-hybridized carbons (Fsp3) is 0.250. The molecule has 0 unspecified atom stereocenters. The van der Waals surface area contributed by atoms with Crippen molar-refractivity contribution < 1.29 is 4.79 Å². The monoisotopic (exact) mass is 508 g/mol. The Balaban J connectivity index is 1.72. The molecule has 0 atom stereocenters. The number of hydrogen-bond donors (Lipinski definition) is 0. The summed E-state index contributed by atoms with van der Waals surface area (Å²) in [5.41, 5.74) is 3.92. The smallest absolute Gasteiger partial charge is 0.270 e. The molecule has 0 aliphatic carbocycles. The second kappa shape index (κ2) is 8.18. The Labute approximate surface area is 190 Å². The Morgan fingerprint density at radius 3 is 2.66 bits per heavy atom. The van der Waals surface area contributed by atoms with Gasteiger partial charge in [0.25, 0.3) is 5.91 Å². The van der Waals surface area contributed by atoms with E-state index in [1.807, 2.05) is 55.8 Å². The van der Waals surface area contributed by atoms with Crippen molar-refractivity contribution in [2.75, 3.05) is 11.4 Å². The zero-order valence-corrected chi connectivity index (χ0v) is 20.0. The van der Waals surface area contributed by atoms with Crippen LogP contribution in [0.25, 0.3) is 10.2 Å². The maximum Gasteiger partial charge on any atom is 0.270 e. The van der Waals surface area contributed by atoms with Crippen molar-refractivity contribution in [1.29, 1.82) is 0 Å². The number of aromatic nitrogens is 3. The number of anilines is 1. The topological polar surface area (TPSA) is 51.0 Å². The molecule has 1 aromatic carbocycles. The molecular weight excluding hydrogens is 492 g/mol. The van der Waals surface area contributed by atoms with E-state index in [9.17, 15) is 4.79 Å². The molecule has 0 radical (unpaired) electrons. The predicted molar refractivity (Wildman–Crippen MR) is 125 cm³/mol. The molecule has 29 heavy (non-hydrogen) atoms. The normalized spacial score (nSPS) is 11.3. The molecule has 0 aliphatic heterocycles. The second-order valence-corrected chi connectivity index (χ2v) is 10.7. The van der Waals surface area contributed by atoms with Crippen LogP contribution < -0.4 is 4.90 Å². The highest BCUT2D eigenvalue weighted by Crippen LogP contribution is 2.34. The molecule has 0 N–H and O–H groups in total. The summed E-state index contributed by atoms with van der Waals surface area (Å²) >= 11 is 12.6. The van der Waals surface area contributed by atoms with Crippen LogP contribution in [0, 0.1) is 20.8 Å². The van der Waals surface area contributed by atoms with Crippen LogP contribution in [0.3, 0.4) is 0 Å². The second-order valence-electron chi connectivity index (χ2n) is 6.78. The average molecular weight is 510 g/mol. The Bertz CT molecular complexity index is 1210. The van der Waals surface area contributed by atoms with Crippen molar-refractivity contribution in [2.45, 2.75) is 27.3 Å². The number of carbonyl (C=O) groups excluding carboxylic acids is 1. The zero-order chi connectivity index (χ0) is 20.7. The molecule has 5 nitrogen and oxygen atoms in total. The van der Waals surface area contributed by atoms with Crippen molar-refractivity contribution in [3.05, 3.63) is 61.0 Å². The summed E-state index contributed by atoms with van der Waals surface area (Å²) < 4.78 is 3.82. The minimum absolute atomic E-state index is 0.0648. The standard InChI is InChI=1S/C20H18BrClN4OS2/c1-11-8-14(22)10-16-18(11)23-20(29-16)25(19(27)15-4-5-17(21)28-15)6-7-26-13(3)9-12(2)24-26/h4-5,8-10H,6-7H2,1-3H3. The summed E-state index contributed by atoms with van der Waals surface area (Å²) in [5, 5.41) is 5.86. The minimum atomic E-state index is -0.0648. The van der Waals surface area contributed by atoms with Crippen LogP contribution in [-0.2, 0) is 6.54 Å². The molecule has 0 saturated heterocycles. The van der Waals surface area contributed by atoms with E-state index >= 15 is 0 Å². The van der Waals surface area contributed by atoms with Crippen LogP contribution in [0.2, 0.25) is 5.02 Å². The van der Waals surface area contributed by atoms with Gasteiger partial charge in [-0.2, -0.15) is 5.10 Å². The average Bonchev–Trinajstić information content (AvgIpc) is 3.34. The molecule has 0 spiro atoms. The number of amides is 1. The molecule has 150 valence electrons. The summed E-state index contributed by atoms with van der Waals surface area (Å²) in [5.74, 6) is -0.0648. The van der Waals surface area contributed by atoms with Crippen molar-refractivity contribution in [1.82, 2.24) is 14.8 Å². The molecule has 3 aromatic heterocycles. The third-order valence-corrected chi connectivity index (χ3v) is 7.39. The van der Waals surface area contributed by atoms with E-state index in [1.54, 1.807) is 4.90 Å². The van der Waals surface area contributed by atoms with Gasteiger partial charge in [0.1, 0.15) is 0 Å². The maximum atomic E-state index is 13.3. The van der Waals surface area contributed by atoms with Crippen LogP contribution in [0.4, 0.5) is 5.13 Å². The zero-order valence-electron chi connectivity index (χ0n) is 16.1. The van der Waals surface area contributed by atoms with Crippen molar-refractivity contribution in [2.24, 2.45) is 0 Å². The maximum absolute atomic E-state index is 13.3. The SMILES string of the molecule is Cc1cc(C)n(CCN(C(=O)c2ccc(Br)s2)c2nc3c(C)cc(Cl)cc3s2)n1. The number of thiazole rings is 1. The van der Waals surface area contributed by atoms with Gasteiger partial charge in [-0.3, -0.25) is 14.4 Å². The number of fused-ring (bicyclic) bond motifs is 1. The molecule has 4 aromatic rings. The van der Waals surface area contributed by atoms with Gasteiger partial charge in [-0.15, -0.1) is 11.3 Å². The quantitative estimate of drug-likeness (QED) is 0.320. The van der Waals surface area contributed by atoms with Gasteiger partial charge >= 0.3 is 0 Å². The molecule has 0 fully saturated rings. The summed E-state index contributed by atoms with van der Waals surface area (Å²) in [6.45, 7) is 7.04. The van der Waals surface area contributed by atoms with Crippen molar-refractivity contribution in [3.63, 3.8) is 0 Å². The van der Waals surface area contributed by atoms with E-state index in [-0.39, 0.29) is 5.91 Å². The van der Waals surface area contributed by atoms with Crippen molar-refractivity contribution in [3.8, 4) is 0 Å². The lowest BCUT2D eigenvalue weighted by atomic mass is 10.2. The Kier molecular flexibility index (Phi) is 5.79. The minimum Gasteiger partial charge on any atom is -0.281 e. The van der Waals surface area contributed by atoms with Gasteiger partial charge in [-0.1, -0.05) is 22.9 Å². The number of rotatable bonds is 5. The molecule has 0 aliphatic rings. The van der Waals surface area contributed by atoms with E-state index in [2.05, 4.69) is 21.0 Å². The number of halogens is 2. The van der Waals surface area contributed by atoms with E-state index in [0.717, 1.165) is 31.0 Å². The number of nitrogens with zero attached hydrogens (tertiary/aromatic N) is 4. The van der Waals surface area contributed by atoms with Gasteiger partial charge in [0.05, 0.1) is 31.1 Å². The van der Waals surface area contributed by atoms with Crippen LogP contribution in [0.15, 0.2) is 34.1 Å². The van der Waals surface area contributed by atoms with Crippen LogP contribution in [0.5, 0.6) is 0 Å².